The van der Waals surface area contributed by atoms with E-state index in [1.165, 1.54) is 28.4 Å². The normalized spacial score (nSPS) is 16.1. The largest absolute Gasteiger partial charge is 0.386 e. The zero-order valence-corrected chi connectivity index (χ0v) is 34.8. The fourth-order valence-corrected chi connectivity index (χ4v) is 7.22. The number of amides is 5. The number of rotatable bonds is 26. The molecule has 0 fully saturated rings. The van der Waals surface area contributed by atoms with Crippen molar-refractivity contribution in [2.75, 3.05) is 33.8 Å². The van der Waals surface area contributed by atoms with Crippen LogP contribution < -0.4 is 16.1 Å². The van der Waals surface area contributed by atoms with E-state index in [2.05, 4.69) is 21.1 Å². The summed E-state index contributed by atoms with van der Waals surface area (Å²) >= 11 is 1.27. The number of carbonyl (C=O) groups is 5. The van der Waals surface area contributed by atoms with Gasteiger partial charge in [-0.15, -0.1) is 11.3 Å². The Labute approximate surface area is 335 Å². The molecule has 1 aromatic carbocycles. The molecule has 56 heavy (non-hydrogen) atoms. The number of aromatic nitrogens is 1. The highest BCUT2D eigenvalue weighted by molar-refractivity contribution is 7.09. The zero-order valence-electron chi connectivity index (χ0n) is 34.0. The van der Waals surface area contributed by atoms with Crippen LogP contribution in [0, 0.1) is 11.8 Å². The van der Waals surface area contributed by atoms with Crippen LogP contribution >= 0.6 is 11.3 Å². The molecule has 0 saturated heterocycles. The molecule has 1 aromatic heterocycles. The summed E-state index contributed by atoms with van der Waals surface area (Å²) in [6.07, 6.45) is 5.04. The third-order valence-electron chi connectivity index (χ3n) is 10.1. The first-order valence-electron chi connectivity index (χ1n) is 19.8. The van der Waals surface area contributed by atoms with Crippen molar-refractivity contribution >= 4 is 40.9 Å². The highest BCUT2D eigenvalue weighted by Gasteiger charge is 2.36. The lowest BCUT2D eigenvalue weighted by Gasteiger charge is -2.36. The fraction of sp³-hybridized carbons (Fsp3) is 0.610. The molecule has 3 rings (SSSR count). The summed E-state index contributed by atoms with van der Waals surface area (Å²) in [4.78, 5) is 77.4. The summed E-state index contributed by atoms with van der Waals surface area (Å²) in [6, 6.07) is 8.15. The minimum Gasteiger partial charge on any atom is -0.386 e. The molecular weight excluding hydrogens is 737 g/mol. The van der Waals surface area contributed by atoms with Gasteiger partial charge in [0.2, 0.25) is 5.91 Å². The lowest BCUT2D eigenvalue weighted by molar-refractivity contribution is -0.162. The van der Waals surface area contributed by atoms with Gasteiger partial charge in [0, 0.05) is 56.6 Å². The van der Waals surface area contributed by atoms with Crippen LogP contribution in [0.1, 0.15) is 119 Å². The Morgan fingerprint density at radius 1 is 0.982 bits per heavy atom. The number of nitrogens with zero attached hydrogens (tertiary/aromatic N) is 3. The second kappa shape index (κ2) is 23.9. The van der Waals surface area contributed by atoms with Crippen molar-refractivity contribution in [2.45, 2.75) is 116 Å². The number of benzene rings is 1. The van der Waals surface area contributed by atoms with Crippen molar-refractivity contribution in [1.82, 2.24) is 30.9 Å². The number of aliphatic hydroxyl groups is 1. The molecule has 6 atom stereocenters. The molecular formula is C41H62N6O8S. The van der Waals surface area contributed by atoms with Crippen molar-refractivity contribution in [2.24, 2.45) is 11.8 Å². The van der Waals surface area contributed by atoms with Crippen LogP contribution in [0.2, 0.25) is 0 Å². The van der Waals surface area contributed by atoms with E-state index in [1.54, 1.807) is 36.4 Å². The van der Waals surface area contributed by atoms with Gasteiger partial charge in [-0.25, -0.2) is 10.5 Å². The molecule has 14 nitrogen and oxygen atoms in total. The van der Waals surface area contributed by atoms with Crippen LogP contribution in [0.15, 0.2) is 47.9 Å². The van der Waals surface area contributed by atoms with Crippen LogP contribution in [-0.2, 0) is 28.8 Å². The minimum atomic E-state index is -0.916. The Morgan fingerprint density at radius 3 is 2.32 bits per heavy atom. The van der Waals surface area contributed by atoms with Gasteiger partial charge in [0.1, 0.15) is 16.8 Å². The lowest BCUT2D eigenvalue weighted by atomic mass is 9.94. The molecule has 1 unspecified atom stereocenters. The molecule has 4 N–H and O–H groups in total. The van der Waals surface area contributed by atoms with E-state index in [0.717, 1.165) is 25.8 Å². The first kappa shape index (κ1) is 46.4. The van der Waals surface area contributed by atoms with Gasteiger partial charge >= 0.3 is 0 Å². The quantitative estimate of drug-likeness (QED) is 0.0583. The van der Waals surface area contributed by atoms with Gasteiger partial charge in [0.05, 0.1) is 12.1 Å². The zero-order chi connectivity index (χ0) is 41.2. The number of aliphatic hydroxyl groups excluding tert-OH is 1. The van der Waals surface area contributed by atoms with E-state index in [0.29, 0.717) is 42.7 Å². The summed E-state index contributed by atoms with van der Waals surface area (Å²) in [5.74, 6) is -1.86. The number of hydrogen-bond donors (Lipinski definition) is 4. The molecule has 310 valence electrons. The van der Waals surface area contributed by atoms with Crippen molar-refractivity contribution in [3.8, 4) is 0 Å². The fourth-order valence-electron chi connectivity index (χ4n) is 6.36. The molecule has 0 aliphatic carbocycles. The Morgan fingerprint density at radius 2 is 1.68 bits per heavy atom. The number of hydroxylamine groups is 1. The smallest absolute Gasteiger partial charge is 0.271 e. The maximum absolute atomic E-state index is 14.1. The average molecular weight is 799 g/mol. The molecule has 1 aliphatic heterocycles. The van der Waals surface area contributed by atoms with E-state index in [4.69, 9.17) is 9.57 Å². The first-order valence-corrected chi connectivity index (χ1v) is 20.7. The van der Waals surface area contributed by atoms with E-state index in [-0.39, 0.29) is 60.4 Å². The van der Waals surface area contributed by atoms with Crippen LogP contribution in [0.5, 0.6) is 0 Å². The first-order chi connectivity index (χ1) is 26.8. The Hall–Kier alpha value is -4.02. The maximum Gasteiger partial charge on any atom is 0.271 e. The third kappa shape index (κ3) is 14.2. The summed E-state index contributed by atoms with van der Waals surface area (Å²) in [5, 5.41) is 19.0. The second-order valence-electron chi connectivity index (χ2n) is 14.8. The number of ether oxygens (including phenoxy) is 1. The molecule has 2 aromatic rings. The van der Waals surface area contributed by atoms with Gasteiger partial charge in [-0.3, -0.25) is 33.7 Å². The number of unbranched alkanes of at least 4 members (excludes halogenated alkanes) is 3. The lowest BCUT2D eigenvalue weighted by Crippen LogP contribution is -2.50. The standard InChI is InChI=1S/C41H62N6O8S/c1-8-28(4)38(55-45-34(48)19-13-10-14-22-42-6)41(53)46(7)32(27(2)3)25-33(54-24-16-15-23-47-35(49)20-21-36(47)50)40-44-31(26-56-40)39(52)43-29(5)37(51)30-17-11-9-12-18-30/h9,11-12,17-18,20-21,26-29,32-33,37-38,42,51H,8,10,13-16,19,22-25H2,1-7H3,(H,43,52)(H,45,48)/t28-,29+,32+,33+,37?,38-/m0/s1. The SMILES string of the molecule is CC[C@H](C)[C@H](ONC(=O)CCCCCNC)C(=O)N(C)[C@H](C[C@@H](OCCCCN1C(=O)C=CC1=O)c1nc(C(=O)N[C@H](C)C(O)c2ccccc2)cs1)C(C)C. The number of imide groups is 1. The van der Waals surface area contributed by atoms with Gasteiger partial charge in [-0.1, -0.05) is 70.9 Å². The van der Waals surface area contributed by atoms with Crippen LogP contribution in [0.3, 0.4) is 0 Å². The number of likely N-dealkylation sites (N-methyl/N-ethyl adjacent to an activating group) is 1. The summed E-state index contributed by atoms with van der Waals surface area (Å²) in [7, 11) is 3.62. The number of carbonyl (C=O) groups excluding carboxylic acids is 5. The average Bonchev–Trinajstić information content (AvgIpc) is 3.81. The van der Waals surface area contributed by atoms with Crippen LogP contribution in [0.25, 0.3) is 0 Å². The number of hydrogen-bond acceptors (Lipinski definition) is 11. The highest BCUT2D eigenvalue weighted by Crippen LogP contribution is 2.31. The topological polar surface area (TPSA) is 180 Å². The van der Waals surface area contributed by atoms with E-state index >= 15 is 0 Å². The molecule has 1 aliphatic rings. The molecule has 5 amide bonds. The van der Waals surface area contributed by atoms with Crippen LogP contribution in [-0.4, -0.2) is 101 Å². The molecule has 0 bridgehead atoms. The van der Waals surface area contributed by atoms with Crippen molar-refractivity contribution in [1.29, 1.82) is 0 Å². The summed E-state index contributed by atoms with van der Waals surface area (Å²) in [6.45, 7) is 11.1. The van der Waals surface area contributed by atoms with Gasteiger partial charge < -0.3 is 25.4 Å². The van der Waals surface area contributed by atoms with Crippen molar-refractivity contribution in [3.63, 3.8) is 0 Å². The maximum atomic E-state index is 14.1. The predicted octanol–water partition coefficient (Wildman–Crippen LogP) is 4.87. The number of thiazole rings is 1. The number of nitrogens with one attached hydrogen (secondary N) is 3. The Bertz CT molecular complexity index is 1570. The van der Waals surface area contributed by atoms with Crippen molar-refractivity contribution in [3.05, 3.63) is 64.1 Å². The minimum absolute atomic E-state index is 0.0254. The van der Waals surface area contributed by atoms with Crippen LogP contribution in [0.4, 0.5) is 0 Å². The van der Waals surface area contributed by atoms with Gasteiger partial charge in [0.25, 0.3) is 23.6 Å². The molecule has 15 heteroatoms. The molecule has 0 radical (unpaired) electrons. The van der Waals surface area contributed by atoms with E-state index in [9.17, 15) is 29.1 Å². The predicted molar refractivity (Wildman–Crippen MR) is 215 cm³/mol. The van der Waals surface area contributed by atoms with Crippen molar-refractivity contribution < 1.29 is 38.7 Å². The van der Waals surface area contributed by atoms with Gasteiger partial charge in [0.15, 0.2) is 6.10 Å². The molecule has 0 spiro atoms. The van der Waals surface area contributed by atoms with Gasteiger partial charge in [-0.2, -0.15) is 0 Å². The third-order valence-corrected chi connectivity index (χ3v) is 11.0. The molecule has 2 heterocycles. The Kier molecular flexibility index (Phi) is 19.8. The van der Waals surface area contributed by atoms with E-state index in [1.807, 2.05) is 52.9 Å². The van der Waals surface area contributed by atoms with Gasteiger partial charge in [-0.05, 0) is 63.6 Å². The highest BCUT2D eigenvalue weighted by atomic mass is 32.1. The second-order valence-corrected chi connectivity index (χ2v) is 15.7. The monoisotopic (exact) mass is 798 g/mol. The summed E-state index contributed by atoms with van der Waals surface area (Å²) in [5.41, 5.74) is 3.39. The van der Waals surface area contributed by atoms with E-state index < -0.39 is 30.3 Å². The molecule has 0 saturated carbocycles. The Balaban J connectivity index is 1.75. The summed E-state index contributed by atoms with van der Waals surface area (Å²) < 4.78 is 6.44.